The van der Waals surface area contributed by atoms with E-state index >= 15 is 0 Å². The molecule has 14 heteroatoms. The van der Waals surface area contributed by atoms with Crippen molar-refractivity contribution in [1.29, 1.82) is 0 Å². The molecule has 2 heterocycles. The van der Waals surface area contributed by atoms with Crippen LogP contribution in [-0.4, -0.2) is 44.3 Å². The summed E-state index contributed by atoms with van der Waals surface area (Å²) in [4.78, 5) is 11.4. The molecule has 3 aromatic rings. The first-order valence-corrected chi connectivity index (χ1v) is 12.9. The fourth-order valence-corrected chi connectivity index (χ4v) is 3.91. The molecule has 1 aromatic carbocycles. The molecule has 33 heavy (non-hydrogen) atoms. The van der Waals surface area contributed by atoms with Crippen LogP contribution in [0.25, 0.3) is 0 Å². The van der Waals surface area contributed by atoms with Gasteiger partial charge in [0.05, 0.1) is 16.8 Å². The fraction of sp³-hybridized carbons (Fsp3) is 0.211. The van der Waals surface area contributed by atoms with Crippen molar-refractivity contribution >= 4 is 37.1 Å². The van der Waals surface area contributed by atoms with E-state index in [-0.39, 0.29) is 28.1 Å². The second-order valence-electron chi connectivity index (χ2n) is 7.01. The van der Waals surface area contributed by atoms with Crippen molar-refractivity contribution in [3.8, 4) is 0 Å². The quantitative estimate of drug-likeness (QED) is 0.501. The third kappa shape index (κ3) is 6.38. The Kier molecular flexibility index (Phi) is 6.61. The minimum Gasteiger partial charge on any atom is -0.365 e. The molecule has 2 aromatic heterocycles. The summed E-state index contributed by atoms with van der Waals surface area (Å²) in [7, 11) is -6.99. The van der Waals surface area contributed by atoms with Crippen molar-refractivity contribution in [2.45, 2.75) is 22.6 Å². The Morgan fingerprint density at radius 2 is 1.67 bits per heavy atom. The molecule has 0 aliphatic heterocycles. The van der Waals surface area contributed by atoms with Gasteiger partial charge in [0.15, 0.2) is 24.7 Å². The van der Waals surface area contributed by atoms with E-state index in [9.17, 15) is 30.0 Å². The lowest BCUT2D eigenvalue weighted by Gasteiger charge is -2.15. The van der Waals surface area contributed by atoms with E-state index in [0.29, 0.717) is 11.8 Å². The number of pyridine rings is 1. The molecule has 176 valence electrons. The average Bonchev–Trinajstić information content (AvgIpc) is 2.71. The van der Waals surface area contributed by atoms with Crippen molar-refractivity contribution in [3.05, 3.63) is 59.9 Å². The number of anilines is 3. The highest BCUT2D eigenvalue weighted by atomic mass is 32.2. The third-order valence-electron chi connectivity index (χ3n) is 4.25. The van der Waals surface area contributed by atoms with Crippen molar-refractivity contribution in [1.82, 2.24) is 15.0 Å². The zero-order chi connectivity index (χ0) is 24.4. The number of hydrogen-bond donors (Lipinski definition) is 2. The van der Waals surface area contributed by atoms with Crippen LogP contribution in [-0.2, 0) is 32.4 Å². The molecule has 0 fully saturated rings. The van der Waals surface area contributed by atoms with Crippen LogP contribution in [0.4, 0.5) is 30.6 Å². The Hall–Kier alpha value is -3.26. The van der Waals surface area contributed by atoms with Gasteiger partial charge in [-0.25, -0.2) is 26.8 Å². The molecule has 0 saturated carbocycles. The second-order valence-corrected chi connectivity index (χ2v) is 11.0. The number of halogens is 3. The van der Waals surface area contributed by atoms with Gasteiger partial charge in [-0.05, 0) is 29.8 Å². The minimum atomic E-state index is -4.74. The molecule has 3 rings (SSSR count). The number of rotatable bonds is 7. The molecule has 0 unspecified atom stereocenters. The van der Waals surface area contributed by atoms with E-state index in [1.54, 1.807) is 6.07 Å². The molecule has 2 N–H and O–H groups in total. The van der Waals surface area contributed by atoms with Gasteiger partial charge in [-0.1, -0.05) is 12.1 Å². The first-order valence-electron chi connectivity index (χ1n) is 9.14. The molecule has 0 atom stereocenters. The van der Waals surface area contributed by atoms with Crippen LogP contribution in [0.3, 0.4) is 0 Å². The summed E-state index contributed by atoms with van der Waals surface area (Å²) >= 11 is 0. The highest BCUT2D eigenvalue weighted by molar-refractivity contribution is 7.91. The van der Waals surface area contributed by atoms with Gasteiger partial charge in [-0.2, -0.15) is 18.2 Å². The summed E-state index contributed by atoms with van der Waals surface area (Å²) in [5.74, 6) is -0.713. The summed E-state index contributed by atoms with van der Waals surface area (Å²) in [6, 6.07) is 8.38. The fourth-order valence-electron chi connectivity index (χ4n) is 2.66. The molecule has 0 amide bonds. The van der Waals surface area contributed by atoms with Crippen LogP contribution in [0.5, 0.6) is 0 Å². The zero-order valence-electron chi connectivity index (χ0n) is 17.3. The van der Waals surface area contributed by atoms with Crippen molar-refractivity contribution in [3.63, 3.8) is 0 Å². The van der Waals surface area contributed by atoms with Gasteiger partial charge >= 0.3 is 6.18 Å². The van der Waals surface area contributed by atoms with E-state index in [1.807, 2.05) is 0 Å². The summed E-state index contributed by atoms with van der Waals surface area (Å²) in [6.45, 7) is -0.131. The number of sulfone groups is 2. The Labute approximate surface area is 188 Å². The maximum absolute atomic E-state index is 13.4. The number of alkyl halides is 3. The number of benzene rings is 1. The van der Waals surface area contributed by atoms with Gasteiger partial charge in [-0.3, -0.25) is 0 Å². The number of aromatic nitrogens is 3. The third-order valence-corrected chi connectivity index (χ3v) is 6.36. The Morgan fingerprint density at radius 1 is 0.939 bits per heavy atom. The van der Waals surface area contributed by atoms with E-state index in [4.69, 9.17) is 0 Å². The van der Waals surface area contributed by atoms with Crippen molar-refractivity contribution < 1.29 is 30.0 Å². The summed E-state index contributed by atoms with van der Waals surface area (Å²) in [5.41, 5.74) is -0.424. The predicted molar refractivity (Wildman–Crippen MR) is 115 cm³/mol. The van der Waals surface area contributed by atoms with Crippen molar-refractivity contribution in [2.24, 2.45) is 0 Å². The smallest absolute Gasteiger partial charge is 0.365 e. The van der Waals surface area contributed by atoms with Crippen LogP contribution in [0.2, 0.25) is 0 Å². The highest BCUT2D eigenvalue weighted by Crippen LogP contribution is 2.34. The standard InChI is InChI=1S/C19H18F3N5O4S2/c1-32(28,29)14-5-3-4-12(8-14)9-24-17-15(19(20,21)22)11-25-18(27-17)26-13-6-7-16(23-10-13)33(2,30)31/h3-8,10-11H,9H2,1-2H3,(H2,24,25,26,27). The molecule has 0 aliphatic carbocycles. The molecule has 0 spiro atoms. The molecule has 0 aliphatic rings. The monoisotopic (exact) mass is 501 g/mol. The van der Waals surface area contributed by atoms with Gasteiger partial charge in [0, 0.05) is 25.3 Å². The Morgan fingerprint density at radius 3 is 2.24 bits per heavy atom. The number of nitrogens with one attached hydrogen (secondary N) is 2. The highest BCUT2D eigenvalue weighted by Gasteiger charge is 2.35. The lowest BCUT2D eigenvalue weighted by molar-refractivity contribution is -0.137. The lowest BCUT2D eigenvalue weighted by atomic mass is 10.2. The predicted octanol–water partition coefficient (Wildman–Crippen LogP) is 3.05. The second kappa shape index (κ2) is 8.94. The van der Waals surface area contributed by atoms with Crippen LogP contribution < -0.4 is 10.6 Å². The molecular formula is C19H18F3N5O4S2. The van der Waals surface area contributed by atoms with Crippen LogP contribution in [0, 0.1) is 0 Å². The van der Waals surface area contributed by atoms with Gasteiger partial charge in [0.2, 0.25) is 5.95 Å². The SMILES string of the molecule is CS(=O)(=O)c1cccc(CNc2nc(Nc3ccc(S(C)(=O)=O)nc3)ncc2C(F)(F)F)c1. The average molecular weight is 502 g/mol. The number of hydrogen-bond acceptors (Lipinski definition) is 9. The zero-order valence-corrected chi connectivity index (χ0v) is 18.9. The van der Waals surface area contributed by atoms with Crippen LogP contribution >= 0.6 is 0 Å². The summed E-state index contributed by atoms with van der Waals surface area (Å²) < 4.78 is 86.6. The molecule has 9 nitrogen and oxygen atoms in total. The topological polar surface area (TPSA) is 131 Å². The normalized spacial score (nSPS) is 12.4. The summed E-state index contributed by atoms with van der Waals surface area (Å²) in [5, 5.41) is 5.07. The largest absolute Gasteiger partial charge is 0.421 e. The van der Waals surface area contributed by atoms with Crippen LogP contribution in [0.15, 0.2) is 58.7 Å². The van der Waals surface area contributed by atoms with E-state index in [1.165, 1.54) is 36.5 Å². The maximum atomic E-state index is 13.4. The van der Waals surface area contributed by atoms with E-state index < -0.39 is 37.2 Å². The Balaban J connectivity index is 1.86. The molecule has 0 saturated heterocycles. The van der Waals surface area contributed by atoms with Gasteiger partial charge in [0.25, 0.3) is 0 Å². The van der Waals surface area contributed by atoms with E-state index in [0.717, 1.165) is 12.5 Å². The van der Waals surface area contributed by atoms with E-state index in [2.05, 4.69) is 25.6 Å². The summed E-state index contributed by atoms with van der Waals surface area (Å²) in [6.07, 6.45) is -0.940. The molecular weight excluding hydrogens is 483 g/mol. The van der Waals surface area contributed by atoms with Gasteiger partial charge in [-0.15, -0.1) is 0 Å². The van der Waals surface area contributed by atoms with Gasteiger partial charge in [0.1, 0.15) is 11.4 Å². The van der Waals surface area contributed by atoms with Crippen LogP contribution in [0.1, 0.15) is 11.1 Å². The molecule has 0 radical (unpaired) electrons. The first-order chi connectivity index (χ1) is 15.2. The Bertz CT molecular complexity index is 1380. The first kappa shape index (κ1) is 24.4. The minimum absolute atomic E-state index is 0.0351. The number of nitrogens with zero attached hydrogens (tertiary/aromatic N) is 3. The lowest BCUT2D eigenvalue weighted by Crippen LogP contribution is -2.14. The molecule has 0 bridgehead atoms. The van der Waals surface area contributed by atoms with Crippen molar-refractivity contribution in [2.75, 3.05) is 23.1 Å². The maximum Gasteiger partial charge on any atom is 0.421 e. The van der Waals surface area contributed by atoms with Gasteiger partial charge < -0.3 is 10.6 Å².